The van der Waals surface area contributed by atoms with Crippen molar-refractivity contribution in [2.75, 3.05) is 13.1 Å². The van der Waals surface area contributed by atoms with Crippen LogP contribution >= 0.6 is 27.5 Å². The highest BCUT2D eigenvalue weighted by Gasteiger charge is 2.56. The average Bonchev–Trinajstić information content (AvgIpc) is 3.70. The van der Waals surface area contributed by atoms with Crippen LogP contribution in [0.2, 0.25) is 5.02 Å². The molecule has 2 aliphatic heterocycles. The number of nitrogens with one attached hydrogen (secondary N) is 1. The topological polar surface area (TPSA) is 73.7 Å². The molecule has 1 aliphatic carbocycles. The second-order valence-electron chi connectivity index (χ2n) is 10.6. The molecule has 1 N–H and O–H groups in total. The zero-order valence-electron chi connectivity index (χ0n) is 21.4. The molecule has 1 aromatic heterocycles. The van der Waals surface area contributed by atoms with Gasteiger partial charge in [-0.1, -0.05) is 54.1 Å². The van der Waals surface area contributed by atoms with Gasteiger partial charge in [0.05, 0.1) is 29.4 Å². The molecule has 9 heteroatoms. The Balaban J connectivity index is 1.29. The molecule has 2 aromatic carbocycles. The van der Waals surface area contributed by atoms with Gasteiger partial charge in [0.15, 0.2) is 0 Å². The van der Waals surface area contributed by atoms with E-state index in [-0.39, 0.29) is 17.5 Å². The molecule has 3 aromatic rings. The van der Waals surface area contributed by atoms with E-state index in [1.54, 1.807) is 5.01 Å². The highest BCUT2D eigenvalue weighted by Crippen LogP contribution is 2.49. The lowest BCUT2D eigenvalue weighted by molar-refractivity contribution is -0.139. The molecule has 6 rings (SSSR count). The van der Waals surface area contributed by atoms with Crippen LogP contribution in [-0.4, -0.2) is 44.4 Å². The van der Waals surface area contributed by atoms with Crippen molar-refractivity contribution >= 4 is 39.1 Å². The van der Waals surface area contributed by atoms with Crippen LogP contribution < -0.4 is 5.56 Å². The summed E-state index contributed by atoms with van der Waals surface area (Å²) in [5.41, 5.74) is 3.51. The molecule has 1 spiro atoms. The lowest BCUT2D eigenvalue weighted by Crippen LogP contribution is -2.50. The quantitative estimate of drug-likeness (QED) is 0.386. The molecule has 1 unspecified atom stereocenters. The minimum atomic E-state index is -0.537. The van der Waals surface area contributed by atoms with E-state index in [0.717, 1.165) is 61.3 Å². The van der Waals surface area contributed by atoms with Crippen molar-refractivity contribution in [3.8, 4) is 0 Å². The number of amides is 1. The van der Waals surface area contributed by atoms with Gasteiger partial charge in [0.25, 0.3) is 11.5 Å². The molecule has 1 saturated heterocycles. The van der Waals surface area contributed by atoms with Gasteiger partial charge in [-0.25, -0.2) is 5.01 Å². The van der Waals surface area contributed by atoms with Crippen molar-refractivity contribution in [2.24, 2.45) is 16.4 Å². The second kappa shape index (κ2) is 10.1. The van der Waals surface area contributed by atoms with Crippen LogP contribution in [0.4, 0.5) is 0 Å². The first kappa shape index (κ1) is 25.6. The molecule has 0 radical (unpaired) electrons. The summed E-state index contributed by atoms with van der Waals surface area (Å²) in [7, 11) is 0. The van der Waals surface area contributed by atoms with Crippen molar-refractivity contribution in [1.82, 2.24) is 19.7 Å². The number of likely N-dealkylation sites (tertiary alicyclic amines) is 1. The van der Waals surface area contributed by atoms with E-state index in [1.807, 2.05) is 54.1 Å². The third-order valence-electron chi connectivity index (χ3n) is 8.23. The first-order valence-electron chi connectivity index (χ1n) is 13.3. The minimum absolute atomic E-state index is 0.107. The molecule has 198 valence electrons. The summed E-state index contributed by atoms with van der Waals surface area (Å²) in [5, 5.41) is 10.3. The molecular weight excluding hydrogens is 566 g/mol. The van der Waals surface area contributed by atoms with Gasteiger partial charge in [-0.3, -0.25) is 24.3 Å². The lowest BCUT2D eigenvalue weighted by Gasteiger charge is -2.42. The van der Waals surface area contributed by atoms with Crippen molar-refractivity contribution in [3.63, 3.8) is 0 Å². The Kier molecular flexibility index (Phi) is 6.82. The Morgan fingerprint density at radius 1 is 1.08 bits per heavy atom. The molecule has 1 amide bonds. The van der Waals surface area contributed by atoms with Crippen LogP contribution in [-0.2, 0) is 17.9 Å². The summed E-state index contributed by atoms with van der Waals surface area (Å²) in [6.07, 6.45) is 3.66. The van der Waals surface area contributed by atoms with Crippen LogP contribution in [0.1, 0.15) is 55.5 Å². The third-order valence-corrected chi connectivity index (χ3v) is 9.25. The summed E-state index contributed by atoms with van der Waals surface area (Å²) in [6, 6.07) is 17.8. The molecule has 3 heterocycles. The van der Waals surface area contributed by atoms with Crippen LogP contribution in [0, 0.1) is 11.3 Å². The number of hydrogen-bond acceptors (Lipinski definition) is 4. The van der Waals surface area contributed by atoms with Crippen LogP contribution in [0.25, 0.3) is 0 Å². The normalized spacial score (nSPS) is 20.2. The number of aromatic amines is 1. The fraction of sp³-hybridized carbons (Fsp3) is 0.414. The number of aryl methyl sites for hydroxylation is 1. The molecular formula is C29H31BrClN5O2. The standard InChI is InChI=1S/C29H31BrClN5O2/c1-2-35-25(23(30)27(37)33-35)24(20-6-4-3-5-7-20)34-16-14-29(15-17-34)26(21-10-11-21)32-36(28(29)38)18-19-8-12-22(31)13-9-19/h3-9,12-13,21,24H,2,10-11,14-18H2,1H3,(H,33,37). The third kappa shape index (κ3) is 4.46. The molecule has 2 fully saturated rings. The number of hydrazone groups is 1. The smallest absolute Gasteiger partial charge is 0.278 e. The van der Waals surface area contributed by atoms with Crippen LogP contribution in [0.5, 0.6) is 0 Å². The van der Waals surface area contributed by atoms with E-state index in [0.29, 0.717) is 28.5 Å². The summed E-state index contributed by atoms with van der Waals surface area (Å²) < 4.78 is 2.50. The second-order valence-corrected chi connectivity index (χ2v) is 11.8. The average molecular weight is 597 g/mol. The maximum atomic E-state index is 14.0. The van der Waals surface area contributed by atoms with Gasteiger partial charge in [0.2, 0.25) is 0 Å². The van der Waals surface area contributed by atoms with Gasteiger partial charge in [-0.15, -0.1) is 0 Å². The zero-order chi connectivity index (χ0) is 26.4. The van der Waals surface area contributed by atoms with Gasteiger partial charge in [-0.05, 0) is 71.8 Å². The van der Waals surface area contributed by atoms with E-state index in [1.165, 1.54) is 0 Å². The maximum absolute atomic E-state index is 14.0. The number of carbonyl (C=O) groups excluding carboxylic acids is 1. The highest BCUT2D eigenvalue weighted by atomic mass is 79.9. The van der Waals surface area contributed by atoms with E-state index < -0.39 is 5.41 Å². The van der Waals surface area contributed by atoms with Gasteiger partial charge in [0.1, 0.15) is 4.47 Å². The van der Waals surface area contributed by atoms with Crippen molar-refractivity contribution in [3.05, 3.63) is 91.3 Å². The Hall–Kier alpha value is -2.68. The number of H-pyrrole nitrogens is 1. The Morgan fingerprint density at radius 3 is 2.39 bits per heavy atom. The first-order chi connectivity index (χ1) is 18.4. The maximum Gasteiger partial charge on any atom is 0.278 e. The van der Waals surface area contributed by atoms with E-state index in [9.17, 15) is 9.59 Å². The highest BCUT2D eigenvalue weighted by molar-refractivity contribution is 9.10. The number of nitrogens with zero attached hydrogens (tertiary/aromatic N) is 4. The Bertz CT molecular complexity index is 1420. The summed E-state index contributed by atoms with van der Waals surface area (Å²) in [5.74, 6) is 0.535. The Morgan fingerprint density at radius 2 is 1.76 bits per heavy atom. The number of halogens is 2. The fourth-order valence-electron chi connectivity index (χ4n) is 6.12. The zero-order valence-corrected chi connectivity index (χ0v) is 23.7. The molecule has 1 saturated carbocycles. The lowest BCUT2D eigenvalue weighted by atomic mass is 9.72. The summed E-state index contributed by atoms with van der Waals surface area (Å²) in [6.45, 7) is 4.63. The van der Waals surface area contributed by atoms with Gasteiger partial charge < -0.3 is 0 Å². The predicted octanol–water partition coefficient (Wildman–Crippen LogP) is 5.59. The van der Waals surface area contributed by atoms with E-state index in [4.69, 9.17) is 16.7 Å². The number of carbonyl (C=O) groups is 1. The molecule has 38 heavy (non-hydrogen) atoms. The summed E-state index contributed by atoms with van der Waals surface area (Å²) in [4.78, 5) is 29.0. The number of rotatable bonds is 7. The number of aromatic nitrogens is 2. The minimum Gasteiger partial charge on any atom is -0.291 e. The fourth-order valence-corrected chi connectivity index (χ4v) is 6.77. The van der Waals surface area contributed by atoms with Crippen molar-refractivity contribution in [1.29, 1.82) is 0 Å². The Labute approximate surface area is 235 Å². The number of piperidine rings is 1. The molecule has 0 bridgehead atoms. The van der Waals surface area contributed by atoms with E-state index in [2.05, 4.69) is 38.1 Å². The van der Waals surface area contributed by atoms with Gasteiger partial charge in [0, 0.05) is 30.6 Å². The molecule has 1 atom stereocenters. The first-order valence-corrected chi connectivity index (χ1v) is 14.5. The largest absolute Gasteiger partial charge is 0.291 e. The van der Waals surface area contributed by atoms with Gasteiger partial charge >= 0.3 is 0 Å². The van der Waals surface area contributed by atoms with Crippen molar-refractivity contribution < 1.29 is 4.79 Å². The van der Waals surface area contributed by atoms with E-state index >= 15 is 0 Å². The number of benzene rings is 2. The van der Waals surface area contributed by atoms with Crippen molar-refractivity contribution in [2.45, 2.75) is 51.7 Å². The van der Waals surface area contributed by atoms with Gasteiger partial charge in [-0.2, -0.15) is 5.10 Å². The SMILES string of the molecule is CCn1[nH]c(=O)c(Br)c1C(c1ccccc1)N1CCC2(CC1)C(=O)N(Cc1ccc(Cl)cc1)N=C2C1CC1. The van der Waals surface area contributed by atoms with Crippen LogP contribution in [0.3, 0.4) is 0 Å². The molecule has 7 nitrogen and oxygen atoms in total. The number of hydrogen-bond donors (Lipinski definition) is 1. The monoisotopic (exact) mass is 595 g/mol. The predicted molar refractivity (Wildman–Crippen MR) is 152 cm³/mol. The summed E-state index contributed by atoms with van der Waals surface area (Å²) >= 11 is 9.64. The molecule has 3 aliphatic rings. The van der Waals surface area contributed by atoms with Crippen LogP contribution in [0.15, 0.2) is 69.0 Å².